The lowest BCUT2D eigenvalue weighted by molar-refractivity contribution is -0.124. The van der Waals surface area contributed by atoms with Gasteiger partial charge in [0, 0.05) is 11.6 Å². The van der Waals surface area contributed by atoms with Crippen LogP contribution in [0, 0.1) is 5.41 Å². The van der Waals surface area contributed by atoms with Gasteiger partial charge >= 0.3 is 5.97 Å². The summed E-state index contributed by atoms with van der Waals surface area (Å²) in [5.41, 5.74) is 3.52. The number of ether oxygens (including phenoxy) is 1. The van der Waals surface area contributed by atoms with Gasteiger partial charge in [0.05, 0.1) is 40.5 Å². The molecule has 0 saturated heterocycles. The number of hydrogen-bond acceptors (Lipinski definition) is 5. The van der Waals surface area contributed by atoms with E-state index in [1.54, 1.807) is 24.3 Å². The molecule has 2 unspecified atom stereocenters. The van der Waals surface area contributed by atoms with E-state index >= 15 is 0 Å². The first-order valence-electron chi connectivity index (χ1n) is 10.2. The third kappa shape index (κ3) is 2.36. The first kappa shape index (κ1) is 18.7. The maximum atomic E-state index is 13.7. The van der Waals surface area contributed by atoms with E-state index in [1.807, 2.05) is 24.3 Å². The van der Waals surface area contributed by atoms with Crippen LogP contribution in [0.5, 0.6) is 0 Å². The average molecular weight is 401 g/mol. The van der Waals surface area contributed by atoms with Crippen molar-refractivity contribution in [1.82, 2.24) is 9.97 Å². The maximum Gasteiger partial charge on any atom is 0.337 e. The van der Waals surface area contributed by atoms with Gasteiger partial charge in [0.2, 0.25) is 5.91 Å². The van der Waals surface area contributed by atoms with E-state index in [1.165, 1.54) is 7.11 Å². The van der Waals surface area contributed by atoms with Gasteiger partial charge in [0.15, 0.2) is 0 Å². The third-order valence-electron chi connectivity index (χ3n) is 7.06. The molecule has 2 atom stereocenters. The van der Waals surface area contributed by atoms with Gasteiger partial charge in [-0.15, -0.1) is 0 Å². The van der Waals surface area contributed by atoms with Crippen molar-refractivity contribution in [3.05, 3.63) is 65.5 Å². The number of para-hydroxylation sites is 2. The first-order valence-corrected chi connectivity index (χ1v) is 10.2. The van der Waals surface area contributed by atoms with Gasteiger partial charge < -0.3 is 10.1 Å². The Kier molecular flexibility index (Phi) is 3.97. The van der Waals surface area contributed by atoms with Gasteiger partial charge in [-0.2, -0.15) is 0 Å². The zero-order valence-corrected chi connectivity index (χ0v) is 17.2. The largest absolute Gasteiger partial charge is 0.465 e. The van der Waals surface area contributed by atoms with Crippen LogP contribution in [0.25, 0.3) is 11.0 Å². The molecule has 1 amide bonds. The van der Waals surface area contributed by atoms with Crippen LogP contribution in [-0.4, -0.2) is 29.0 Å². The molecule has 0 spiro atoms. The molecule has 5 rings (SSSR count). The lowest BCUT2D eigenvalue weighted by Crippen LogP contribution is -2.46. The van der Waals surface area contributed by atoms with Crippen molar-refractivity contribution in [3.8, 4) is 0 Å². The maximum absolute atomic E-state index is 13.7. The van der Waals surface area contributed by atoms with Crippen molar-refractivity contribution in [2.45, 2.75) is 38.0 Å². The van der Waals surface area contributed by atoms with Crippen LogP contribution in [0.4, 0.5) is 5.69 Å². The number of carbonyl (C=O) groups excluding carboxylic acids is 2. The Labute approximate surface area is 174 Å². The number of rotatable bonds is 3. The number of hydrogen-bond donors (Lipinski definition) is 1. The quantitative estimate of drug-likeness (QED) is 0.665. The summed E-state index contributed by atoms with van der Waals surface area (Å²) >= 11 is 0. The van der Waals surface area contributed by atoms with Crippen LogP contribution in [0.2, 0.25) is 0 Å². The molecule has 2 aliphatic carbocycles. The number of methoxy groups -OCH3 is 1. The summed E-state index contributed by atoms with van der Waals surface area (Å²) in [7, 11) is 1.35. The lowest BCUT2D eigenvalue weighted by Gasteiger charge is -2.36. The molecule has 2 bridgehead atoms. The number of carbonyl (C=O) groups is 2. The third-order valence-corrected chi connectivity index (χ3v) is 7.06. The van der Waals surface area contributed by atoms with E-state index in [2.05, 4.69) is 19.2 Å². The molecule has 1 heterocycles. The Morgan fingerprint density at radius 2 is 1.70 bits per heavy atom. The number of aromatic nitrogens is 2. The fraction of sp³-hybridized carbons (Fsp3) is 0.333. The van der Waals surface area contributed by atoms with Crippen LogP contribution in [0.1, 0.15) is 54.4 Å². The minimum absolute atomic E-state index is 0.0656. The first-order chi connectivity index (χ1) is 14.4. The molecule has 6 nitrogen and oxygen atoms in total. The summed E-state index contributed by atoms with van der Waals surface area (Å²) in [6.45, 7) is 4.30. The van der Waals surface area contributed by atoms with Crippen molar-refractivity contribution in [3.63, 3.8) is 0 Å². The highest BCUT2D eigenvalue weighted by Crippen LogP contribution is 2.67. The smallest absolute Gasteiger partial charge is 0.337 e. The van der Waals surface area contributed by atoms with Gasteiger partial charge in [-0.1, -0.05) is 26.0 Å². The summed E-state index contributed by atoms with van der Waals surface area (Å²) in [6, 6.07) is 14.6. The molecule has 152 valence electrons. The number of amides is 1. The SMILES string of the molecule is COC(=O)c1ccc(NC(=O)C23CCC(c4nc5ccccc5nc42)C3(C)C)cc1. The lowest BCUT2D eigenvalue weighted by atomic mass is 9.67. The predicted molar refractivity (Wildman–Crippen MR) is 113 cm³/mol. The van der Waals surface area contributed by atoms with Gasteiger partial charge in [-0.05, 0) is 54.7 Å². The van der Waals surface area contributed by atoms with Crippen molar-refractivity contribution in [2.24, 2.45) is 5.41 Å². The van der Waals surface area contributed by atoms with Crippen LogP contribution in [0.3, 0.4) is 0 Å². The summed E-state index contributed by atoms with van der Waals surface area (Å²) in [6.07, 6.45) is 1.67. The predicted octanol–water partition coefficient (Wildman–Crippen LogP) is 4.21. The van der Waals surface area contributed by atoms with Crippen molar-refractivity contribution >= 4 is 28.6 Å². The van der Waals surface area contributed by atoms with Gasteiger partial charge in [-0.25, -0.2) is 14.8 Å². The van der Waals surface area contributed by atoms with E-state index in [0.29, 0.717) is 11.3 Å². The molecule has 0 radical (unpaired) electrons. The molecule has 1 N–H and O–H groups in total. The zero-order valence-electron chi connectivity index (χ0n) is 17.2. The average Bonchev–Trinajstić information content (AvgIpc) is 3.13. The van der Waals surface area contributed by atoms with E-state index in [9.17, 15) is 9.59 Å². The fourth-order valence-electron chi connectivity index (χ4n) is 5.37. The van der Waals surface area contributed by atoms with Crippen molar-refractivity contribution in [1.29, 1.82) is 0 Å². The molecule has 1 aromatic heterocycles. The number of nitrogens with one attached hydrogen (secondary N) is 1. The van der Waals surface area contributed by atoms with E-state index < -0.39 is 11.4 Å². The van der Waals surface area contributed by atoms with Crippen molar-refractivity contribution in [2.75, 3.05) is 12.4 Å². The molecule has 2 aliphatic rings. The van der Waals surface area contributed by atoms with Crippen LogP contribution < -0.4 is 5.32 Å². The molecular weight excluding hydrogens is 378 g/mol. The normalized spacial score (nSPS) is 23.2. The highest BCUT2D eigenvalue weighted by molar-refractivity contribution is 6.02. The zero-order chi connectivity index (χ0) is 21.1. The van der Waals surface area contributed by atoms with Crippen LogP contribution >= 0.6 is 0 Å². The molecule has 6 heteroatoms. The Hall–Kier alpha value is -3.28. The highest BCUT2D eigenvalue weighted by Gasteiger charge is 2.67. The summed E-state index contributed by atoms with van der Waals surface area (Å²) in [5.74, 6) is -0.265. The molecule has 30 heavy (non-hydrogen) atoms. The standard InChI is InChI=1S/C24H23N3O3/c1-23(2)16-12-13-24(23,20-19(16)26-17-6-4-5-7-18(17)27-20)22(29)25-15-10-8-14(9-11-15)21(28)30-3/h4-11,16H,12-13H2,1-3H3,(H,25,29). The number of esters is 1. The number of benzene rings is 2. The molecule has 3 aromatic rings. The fourth-order valence-corrected chi connectivity index (χ4v) is 5.37. The van der Waals surface area contributed by atoms with Gasteiger partial charge in [0.1, 0.15) is 0 Å². The minimum Gasteiger partial charge on any atom is -0.465 e. The van der Waals surface area contributed by atoms with E-state index in [0.717, 1.165) is 35.3 Å². The Morgan fingerprint density at radius 3 is 2.37 bits per heavy atom. The minimum atomic E-state index is -0.731. The second-order valence-corrected chi connectivity index (χ2v) is 8.69. The highest BCUT2D eigenvalue weighted by atomic mass is 16.5. The summed E-state index contributed by atoms with van der Waals surface area (Å²) in [4.78, 5) is 35.2. The van der Waals surface area contributed by atoms with Gasteiger partial charge in [-0.3, -0.25) is 4.79 Å². The Bertz CT molecular complexity index is 1190. The summed E-state index contributed by atoms with van der Waals surface area (Å²) < 4.78 is 4.74. The van der Waals surface area contributed by atoms with Gasteiger partial charge in [0.25, 0.3) is 0 Å². The molecule has 1 fully saturated rings. The number of fused-ring (bicyclic) bond motifs is 6. The second-order valence-electron chi connectivity index (χ2n) is 8.69. The molecular formula is C24H23N3O3. The number of nitrogens with zero attached hydrogens (tertiary/aromatic N) is 2. The molecule has 0 aliphatic heterocycles. The Morgan fingerprint density at radius 1 is 1.03 bits per heavy atom. The monoisotopic (exact) mass is 401 g/mol. The molecule has 1 saturated carbocycles. The molecule has 2 aromatic carbocycles. The van der Waals surface area contributed by atoms with Crippen LogP contribution in [0.15, 0.2) is 48.5 Å². The number of anilines is 1. The van der Waals surface area contributed by atoms with Crippen LogP contribution in [-0.2, 0) is 14.9 Å². The van der Waals surface area contributed by atoms with E-state index in [-0.39, 0.29) is 17.2 Å². The summed E-state index contributed by atoms with van der Waals surface area (Å²) in [5, 5.41) is 3.07. The topological polar surface area (TPSA) is 81.2 Å². The second kappa shape index (κ2) is 6.36. The van der Waals surface area contributed by atoms with Crippen molar-refractivity contribution < 1.29 is 14.3 Å². The van der Waals surface area contributed by atoms with E-state index in [4.69, 9.17) is 14.7 Å². The Balaban J connectivity index is 1.55.